The summed E-state index contributed by atoms with van der Waals surface area (Å²) in [6, 6.07) is 20.3. The Morgan fingerprint density at radius 3 is 2.44 bits per heavy atom. The molecule has 6 nitrogen and oxygen atoms in total. The number of para-hydroxylation sites is 1. The molecular weight excluding hydrogens is 448 g/mol. The molecule has 2 N–H and O–H groups in total. The molecule has 0 radical (unpaired) electrons. The predicted molar refractivity (Wildman–Crippen MR) is 139 cm³/mol. The van der Waals surface area contributed by atoms with Gasteiger partial charge in [-0.1, -0.05) is 70.2 Å². The van der Waals surface area contributed by atoms with Crippen molar-refractivity contribution >= 4 is 5.78 Å². The van der Waals surface area contributed by atoms with Crippen molar-refractivity contribution in [1.29, 1.82) is 5.26 Å². The Labute approximate surface area is 211 Å². The van der Waals surface area contributed by atoms with Crippen molar-refractivity contribution in [2.24, 2.45) is 11.1 Å². The lowest BCUT2D eigenvalue weighted by atomic mass is 9.70. The molecule has 0 fully saturated rings. The van der Waals surface area contributed by atoms with E-state index in [0.29, 0.717) is 35.8 Å². The van der Waals surface area contributed by atoms with Crippen molar-refractivity contribution in [3.05, 3.63) is 94.7 Å². The van der Waals surface area contributed by atoms with Crippen LogP contribution >= 0.6 is 0 Å². The van der Waals surface area contributed by atoms with Crippen LogP contribution in [0.4, 0.5) is 0 Å². The van der Waals surface area contributed by atoms with Gasteiger partial charge in [0.2, 0.25) is 5.88 Å². The third-order valence-corrected chi connectivity index (χ3v) is 7.00. The highest BCUT2D eigenvalue weighted by Gasteiger charge is 2.44. The first-order valence-corrected chi connectivity index (χ1v) is 12.3. The van der Waals surface area contributed by atoms with Gasteiger partial charge in [0, 0.05) is 35.7 Å². The highest BCUT2D eigenvalue weighted by molar-refractivity contribution is 6.00. The molecule has 6 heteroatoms. The zero-order valence-corrected chi connectivity index (χ0v) is 21.1. The molecule has 0 unspecified atom stereocenters. The van der Waals surface area contributed by atoms with Gasteiger partial charge in [-0.05, 0) is 29.0 Å². The fourth-order valence-electron chi connectivity index (χ4n) is 5.16. The van der Waals surface area contributed by atoms with E-state index in [9.17, 15) is 10.1 Å². The molecule has 5 rings (SSSR count). The summed E-state index contributed by atoms with van der Waals surface area (Å²) in [5.74, 6) is 0.367. The van der Waals surface area contributed by atoms with Crippen LogP contribution in [0.25, 0.3) is 16.9 Å². The molecule has 3 aromatic rings. The van der Waals surface area contributed by atoms with Gasteiger partial charge in [-0.2, -0.15) is 10.4 Å². The van der Waals surface area contributed by atoms with Crippen molar-refractivity contribution in [2.75, 3.05) is 0 Å². The third-order valence-electron chi connectivity index (χ3n) is 7.00. The van der Waals surface area contributed by atoms with Gasteiger partial charge >= 0.3 is 0 Å². The lowest BCUT2D eigenvalue weighted by molar-refractivity contribution is -0.119. The molecule has 36 heavy (non-hydrogen) atoms. The Morgan fingerprint density at radius 2 is 1.81 bits per heavy atom. The van der Waals surface area contributed by atoms with Gasteiger partial charge in [-0.3, -0.25) is 4.79 Å². The second-order valence-corrected chi connectivity index (χ2v) is 10.7. The van der Waals surface area contributed by atoms with Crippen LogP contribution in [0.15, 0.2) is 83.6 Å². The van der Waals surface area contributed by atoms with E-state index in [1.54, 1.807) is 4.68 Å². The molecule has 0 saturated heterocycles. The SMILES string of the molecule is CC(C)c1ccc(-c2nn(-c3ccccc3)cc2[C@H]2C(C#N)=C(N)OC3=C2C(=O)CC(C)(C)C3)cc1. The molecule has 0 spiro atoms. The Balaban J connectivity index is 1.74. The first kappa shape index (κ1) is 23.6. The molecule has 1 aliphatic heterocycles. The van der Waals surface area contributed by atoms with Crippen molar-refractivity contribution < 1.29 is 9.53 Å². The number of nitrogens with zero attached hydrogens (tertiary/aromatic N) is 3. The smallest absolute Gasteiger partial charge is 0.205 e. The van der Waals surface area contributed by atoms with Crippen molar-refractivity contribution in [1.82, 2.24) is 9.78 Å². The number of nitrogens with two attached hydrogens (primary N) is 1. The molecule has 182 valence electrons. The number of rotatable bonds is 4. The quantitative estimate of drug-likeness (QED) is 0.488. The average molecular weight is 479 g/mol. The fraction of sp³-hybridized carbons (Fsp3) is 0.300. The lowest BCUT2D eigenvalue weighted by Crippen LogP contribution is -2.33. The Morgan fingerprint density at radius 1 is 1.11 bits per heavy atom. The second-order valence-electron chi connectivity index (χ2n) is 10.7. The van der Waals surface area contributed by atoms with Gasteiger partial charge in [0.1, 0.15) is 17.4 Å². The topological polar surface area (TPSA) is 93.9 Å². The maximum atomic E-state index is 13.5. The summed E-state index contributed by atoms with van der Waals surface area (Å²) in [7, 11) is 0. The highest BCUT2D eigenvalue weighted by atomic mass is 16.5. The Bertz CT molecular complexity index is 1430. The summed E-state index contributed by atoms with van der Waals surface area (Å²) in [5, 5.41) is 15.1. The highest BCUT2D eigenvalue weighted by Crippen LogP contribution is 2.49. The maximum absolute atomic E-state index is 13.5. The standard InChI is InChI=1S/C30H30N4O2/c1-18(2)19-10-12-20(13-11-19)28-23(17-34(33-28)21-8-6-5-7-9-21)26-22(16-31)29(32)36-25-15-30(3,4)14-24(35)27(25)26/h5-13,17-18,26H,14-15,32H2,1-4H3/t26-/m1/s1. The molecule has 1 aromatic heterocycles. The van der Waals surface area contributed by atoms with E-state index in [-0.39, 0.29) is 22.7 Å². The first-order valence-electron chi connectivity index (χ1n) is 12.3. The summed E-state index contributed by atoms with van der Waals surface area (Å²) >= 11 is 0. The predicted octanol–water partition coefficient (Wildman–Crippen LogP) is 6.11. The van der Waals surface area contributed by atoms with Gasteiger partial charge in [-0.15, -0.1) is 0 Å². The average Bonchev–Trinajstić information content (AvgIpc) is 3.28. The molecule has 1 aliphatic carbocycles. The van der Waals surface area contributed by atoms with Gasteiger partial charge < -0.3 is 10.5 Å². The van der Waals surface area contributed by atoms with Crippen LogP contribution in [-0.4, -0.2) is 15.6 Å². The van der Waals surface area contributed by atoms with Gasteiger partial charge in [-0.25, -0.2) is 4.68 Å². The number of aromatic nitrogens is 2. The van der Waals surface area contributed by atoms with Crippen LogP contribution in [-0.2, 0) is 9.53 Å². The Kier molecular flexibility index (Phi) is 5.80. The van der Waals surface area contributed by atoms with Crippen molar-refractivity contribution in [3.63, 3.8) is 0 Å². The van der Waals surface area contributed by atoms with E-state index in [4.69, 9.17) is 15.6 Å². The van der Waals surface area contributed by atoms with Crippen LogP contribution in [0.5, 0.6) is 0 Å². The molecule has 0 amide bonds. The first-order chi connectivity index (χ1) is 17.2. The maximum Gasteiger partial charge on any atom is 0.205 e. The van der Waals surface area contributed by atoms with E-state index in [2.05, 4.69) is 44.2 Å². The van der Waals surface area contributed by atoms with Crippen LogP contribution < -0.4 is 5.73 Å². The number of ether oxygens (including phenoxy) is 1. The molecule has 2 aliphatic rings. The normalized spacial score (nSPS) is 19.2. The minimum atomic E-state index is -0.639. The molecule has 0 saturated carbocycles. The van der Waals surface area contributed by atoms with E-state index < -0.39 is 5.92 Å². The van der Waals surface area contributed by atoms with Crippen molar-refractivity contribution in [3.8, 4) is 23.0 Å². The van der Waals surface area contributed by atoms with E-state index in [1.165, 1.54) is 5.56 Å². The van der Waals surface area contributed by atoms with Gasteiger partial charge in [0.05, 0.1) is 17.3 Å². The lowest BCUT2D eigenvalue weighted by Gasteiger charge is -2.37. The summed E-state index contributed by atoms with van der Waals surface area (Å²) in [5.41, 5.74) is 11.3. The number of hydrogen-bond acceptors (Lipinski definition) is 5. The fourth-order valence-corrected chi connectivity index (χ4v) is 5.16. The minimum Gasteiger partial charge on any atom is -0.444 e. The number of benzene rings is 2. The monoisotopic (exact) mass is 478 g/mol. The molecular formula is C30H30N4O2. The molecule has 0 bridgehead atoms. The minimum absolute atomic E-state index is 0.0138. The van der Waals surface area contributed by atoms with Crippen molar-refractivity contribution in [2.45, 2.75) is 52.4 Å². The molecule has 2 heterocycles. The summed E-state index contributed by atoms with van der Waals surface area (Å²) in [6.45, 7) is 8.40. The van der Waals surface area contributed by atoms with Crippen LogP contribution in [0.2, 0.25) is 0 Å². The number of carbonyl (C=O) groups excluding carboxylic acids is 1. The number of carbonyl (C=O) groups is 1. The Hall–Kier alpha value is -4.11. The summed E-state index contributed by atoms with van der Waals surface area (Å²) < 4.78 is 7.70. The molecule has 1 atom stereocenters. The van der Waals surface area contributed by atoms with E-state index in [1.807, 2.05) is 50.4 Å². The third kappa shape index (κ3) is 4.11. The number of Topliss-reactive ketones (excluding diaryl/α,β-unsaturated/α-hetero) is 1. The zero-order valence-electron chi connectivity index (χ0n) is 21.1. The van der Waals surface area contributed by atoms with Gasteiger partial charge in [0.25, 0.3) is 0 Å². The molecule has 2 aromatic carbocycles. The van der Waals surface area contributed by atoms with E-state index >= 15 is 0 Å². The van der Waals surface area contributed by atoms with Gasteiger partial charge in [0.15, 0.2) is 5.78 Å². The number of allylic oxidation sites excluding steroid dienone is 3. The zero-order chi connectivity index (χ0) is 25.6. The summed E-state index contributed by atoms with van der Waals surface area (Å²) in [4.78, 5) is 13.5. The van der Waals surface area contributed by atoms with E-state index in [0.717, 1.165) is 16.8 Å². The van der Waals surface area contributed by atoms with Crippen LogP contribution in [0, 0.1) is 16.7 Å². The summed E-state index contributed by atoms with van der Waals surface area (Å²) in [6.07, 6.45) is 2.88. The van der Waals surface area contributed by atoms with Crippen LogP contribution in [0.3, 0.4) is 0 Å². The number of nitriles is 1. The number of ketones is 1. The second kappa shape index (κ2) is 8.83. The number of hydrogen-bond donors (Lipinski definition) is 1. The van der Waals surface area contributed by atoms with Crippen LogP contribution in [0.1, 0.15) is 63.5 Å². The largest absolute Gasteiger partial charge is 0.444 e.